The molecule has 2 aromatic rings. The molecular formula is C11H17N5OS. The van der Waals surface area contributed by atoms with Crippen LogP contribution in [0.25, 0.3) is 4.96 Å². The Labute approximate surface area is 109 Å². The molecule has 18 heavy (non-hydrogen) atoms. The molecule has 1 aliphatic rings. The Hall–Kier alpha value is -1.05. The zero-order valence-electron chi connectivity index (χ0n) is 10.4. The van der Waals surface area contributed by atoms with Gasteiger partial charge < -0.3 is 10.5 Å². The molecule has 1 saturated carbocycles. The van der Waals surface area contributed by atoms with Gasteiger partial charge in [-0.05, 0) is 12.8 Å². The summed E-state index contributed by atoms with van der Waals surface area (Å²) in [5.41, 5.74) is 6.05. The standard InChI is InChI=1S/C11H17N5OS/c1-17-6-8-13-14-10-16(8)15-9(18-10)11(7-12)4-2-3-5-11/h2-7,12H2,1H3. The maximum absolute atomic E-state index is 5.98. The molecule has 2 aromatic heterocycles. The van der Waals surface area contributed by atoms with Gasteiger partial charge in [0.05, 0.1) is 0 Å². The molecule has 0 bridgehead atoms. The Balaban J connectivity index is 2.02. The van der Waals surface area contributed by atoms with Gasteiger partial charge in [-0.1, -0.05) is 24.2 Å². The molecule has 0 atom stereocenters. The molecule has 2 heterocycles. The van der Waals surface area contributed by atoms with Crippen LogP contribution in [0.3, 0.4) is 0 Å². The highest BCUT2D eigenvalue weighted by atomic mass is 32.1. The molecule has 98 valence electrons. The average molecular weight is 267 g/mol. The van der Waals surface area contributed by atoms with Crippen molar-refractivity contribution in [1.29, 1.82) is 0 Å². The van der Waals surface area contributed by atoms with Gasteiger partial charge in [-0.3, -0.25) is 0 Å². The molecule has 0 amide bonds. The van der Waals surface area contributed by atoms with Crippen LogP contribution in [0.2, 0.25) is 0 Å². The Morgan fingerprint density at radius 2 is 2.17 bits per heavy atom. The van der Waals surface area contributed by atoms with Crippen LogP contribution in [0.15, 0.2) is 0 Å². The van der Waals surface area contributed by atoms with Crippen LogP contribution in [0.4, 0.5) is 0 Å². The van der Waals surface area contributed by atoms with E-state index in [-0.39, 0.29) is 5.41 Å². The molecule has 1 aliphatic carbocycles. The Morgan fingerprint density at radius 3 is 2.83 bits per heavy atom. The second kappa shape index (κ2) is 4.56. The SMILES string of the molecule is COCc1nnc2sc(C3(CN)CCCC3)nn12. The van der Waals surface area contributed by atoms with E-state index in [2.05, 4.69) is 15.3 Å². The van der Waals surface area contributed by atoms with Crippen LogP contribution in [0, 0.1) is 0 Å². The number of hydrogen-bond donors (Lipinski definition) is 1. The van der Waals surface area contributed by atoms with Crippen molar-refractivity contribution in [3.05, 3.63) is 10.8 Å². The molecule has 7 heteroatoms. The lowest BCUT2D eigenvalue weighted by atomic mass is 9.87. The summed E-state index contributed by atoms with van der Waals surface area (Å²) in [5.74, 6) is 0.750. The third-order valence-electron chi connectivity index (χ3n) is 3.73. The molecule has 0 radical (unpaired) electrons. The van der Waals surface area contributed by atoms with E-state index in [1.165, 1.54) is 12.8 Å². The molecular weight excluding hydrogens is 250 g/mol. The topological polar surface area (TPSA) is 78.3 Å². The third kappa shape index (κ3) is 1.73. The maximum atomic E-state index is 5.98. The first-order chi connectivity index (χ1) is 8.79. The zero-order chi connectivity index (χ0) is 12.6. The van der Waals surface area contributed by atoms with Crippen molar-refractivity contribution in [2.24, 2.45) is 5.73 Å². The van der Waals surface area contributed by atoms with Crippen molar-refractivity contribution < 1.29 is 4.74 Å². The average Bonchev–Trinajstić information content (AvgIpc) is 3.05. The summed E-state index contributed by atoms with van der Waals surface area (Å²) in [7, 11) is 1.65. The normalized spacial score (nSPS) is 18.8. The van der Waals surface area contributed by atoms with E-state index in [0.717, 1.165) is 28.6 Å². The largest absolute Gasteiger partial charge is 0.377 e. The van der Waals surface area contributed by atoms with Crippen molar-refractivity contribution in [2.75, 3.05) is 13.7 Å². The summed E-state index contributed by atoms with van der Waals surface area (Å²) >= 11 is 1.61. The van der Waals surface area contributed by atoms with Crippen LogP contribution in [-0.4, -0.2) is 33.5 Å². The first-order valence-electron chi connectivity index (χ1n) is 6.20. The summed E-state index contributed by atoms with van der Waals surface area (Å²) in [6.45, 7) is 1.09. The maximum Gasteiger partial charge on any atom is 0.234 e. The molecule has 6 nitrogen and oxygen atoms in total. The fraction of sp³-hybridized carbons (Fsp3) is 0.727. The van der Waals surface area contributed by atoms with Crippen molar-refractivity contribution >= 4 is 16.3 Å². The van der Waals surface area contributed by atoms with Gasteiger partial charge in [-0.25, -0.2) is 0 Å². The van der Waals surface area contributed by atoms with Crippen LogP contribution in [0.5, 0.6) is 0 Å². The summed E-state index contributed by atoms with van der Waals surface area (Å²) in [6.07, 6.45) is 4.74. The van der Waals surface area contributed by atoms with Crippen molar-refractivity contribution in [3.63, 3.8) is 0 Å². The van der Waals surface area contributed by atoms with E-state index in [4.69, 9.17) is 10.5 Å². The second-order valence-electron chi connectivity index (χ2n) is 4.84. The van der Waals surface area contributed by atoms with E-state index in [1.807, 2.05) is 0 Å². The number of nitrogens with two attached hydrogens (primary N) is 1. The number of nitrogens with zero attached hydrogens (tertiary/aromatic N) is 4. The molecule has 0 aromatic carbocycles. The highest BCUT2D eigenvalue weighted by Gasteiger charge is 2.38. The zero-order valence-corrected chi connectivity index (χ0v) is 11.2. The van der Waals surface area contributed by atoms with Crippen LogP contribution in [-0.2, 0) is 16.8 Å². The van der Waals surface area contributed by atoms with Gasteiger partial charge in [0, 0.05) is 19.1 Å². The summed E-state index contributed by atoms with van der Waals surface area (Å²) in [6, 6.07) is 0. The fourth-order valence-electron chi connectivity index (χ4n) is 2.65. The van der Waals surface area contributed by atoms with Crippen LogP contribution < -0.4 is 5.73 Å². The molecule has 0 unspecified atom stereocenters. The number of rotatable bonds is 4. The molecule has 0 saturated heterocycles. The number of ether oxygens (including phenoxy) is 1. The minimum absolute atomic E-state index is 0.0652. The first-order valence-corrected chi connectivity index (χ1v) is 7.01. The summed E-state index contributed by atoms with van der Waals surface area (Å²) in [5, 5.41) is 14.0. The molecule has 0 aliphatic heterocycles. The Kier molecular flexibility index (Phi) is 3.04. The number of aromatic nitrogens is 4. The lowest BCUT2D eigenvalue weighted by molar-refractivity contribution is 0.176. The number of methoxy groups -OCH3 is 1. The monoisotopic (exact) mass is 267 g/mol. The van der Waals surface area contributed by atoms with Crippen molar-refractivity contribution in [3.8, 4) is 0 Å². The van der Waals surface area contributed by atoms with Crippen molar-refractivity contribution in [1.82, 2.24) is 19.8 Å². The Morgan fingerprint density at radius 1 is 1.39 bits per heavy atom. The van der Waals surface area contributed by atoms with Gasteiger partial charge in [0.1, 0.15) is 11.6 Å². The smallest absolute Gasteiger partial charge is 0.234 e. The summed E-state index contributed by atoms with van der Waals surface area (Å²) in [4.78, 5) is 0.830. The lowest BCUT2D eigenvalue weighted by Crippen LogP contribution is -2.32. The van der Waals surface area contributed by atoms with E-state index < -0.39 is 0 Å². The molecule has 2 N–H and O–H groups in total. The van der Waals surface area contributed by atoms with E-state index in [1.54, 1.807) is 23.0 Å². The number of fused-ring (bicyclic) bond motifs is 1. The quantitative estimate of drug-likeness (QED) is 0.897. The minimum atomic E-state index is 0.0652. The van der Waals surface area contributed by atoms with Gasteiger partial charge in [0.15, 0.2) is 5.82 Å². The predicted molar refractivity (Wildman–Crippen MR) is 68.6 cm³/mol. The second-order valence-corrected chi connectivity index (χ2v) is 5.80. The van der Waals surface area contributed by atoms with Crippen molar-refractivity contribution in [2.45, 2.75) is 37.7 Å². The van der Waals surface area contributed by atoms with Gasteiger partial charge >= 0.3 is 0 Å². The highest BCUT2D eigenvalue weighted by Crippen LogP contribution is 2.41. The van der Waals surface area contributed by atoms with E-state index >= 15 is 0 Å². The van der Waals surface area contributed by atoms with E-state index in [9.17, 15) is 0 Å². The van der Waals surface area contributed by atoms with Crippen LogP contribution >= 0.6 is 11.3 Å². The summed E-state index contributed by atoms with van der Waals surface area (Å²) < 4.78 is 6.89. The van der Waals surface area contributed by atoms with Gasteiger partial charge in [-0.15, -0.1) is 10.2 Å². The fourth-order valence-corrected chi connectivity index (χ4v) is 3.76. The highest BCUT2D eigenvalue weighted by molar-refractivity contribution is 7.16. The van der Waals surface area contributed by atoms with Crippen LogP contribution in [0.1, 0.15) is 36.5 Å². The third-order valence-corrected chi connectivity index (χ3v) is 4.88. The van der Waals surface area contributed by atoms with Gasteiger partial charge in [-0.2, -0.15) is 9.61 Å². The van der Waals surface area contributed by atoms with Gasteiger partial charge in [0.25, 0.3) is 0 Å². The molecule has 3 rings (SSSR count). The molecule has 0 spiro atoms. The minimum Gasteiger partial charge on any atom is -0.377 e. The first kappa shape index (κ1) is 12.0. The lowest BCUT2D eigenvalue weighted by Gasteiger charge is -2.23. The number of hydrogen-bond acceptors (Lipinski definition) is 6. The molecule has 1 fully saturated rings. The van der Waals surface area contributed by atoms with E-state index in [0.29, 0.717) is 13.2 Å². The van der Waals surface area contributed by atoms with Gasteiger partial charge in [0.2, 0.25) is 4.96 Å². The Bertz CT molecular complexity index is 543. The predicted octanol–water partition coefficient (Wildman–Crippen LogP) is 1.10.